The van der Waals surface area contributed by atoms with Gasteiger partial charge in [-0.15, -0.1) is 0 Å². The summed E-state index contributed by atoms with van der Waals surface area (Å²) in [6.07, 6.45) is 1.79. The molecule has 0 radical (unpaired) electrons. The quantitative estimate of drug-likeness (QED) is 0.694. The number of nitrogens with one attached hydrogen (secondary N) is 1. The van der Waals surface area contributed by atoms with E-state index >= 15 is 0 Å². The van der Waals surface area contributed by atoms with E-state index < -0.39 is 10.8 Å². The molecule has 13 heavy (non-hydrogen) atoms. The van der Waals surface area contributed by atoms with Crippen molar-refractivity contribution in [1.29, 1.82) is 0 Å². The fraction of sp³-hybridized carbons (Fsp3) is 0.833. The molecule has 1 aromatic heterocycles. The Labute approximate surface area is 83.0 Å². The van der Waals surface area contributed by atoms with Gasteiger partial charge in [0, 0.05) is 22.3 Å². The van der Waals surface area contributed by atoms with Gasteiger partial charge >= 0.3 is 0 Å². The second kappa shape index (κ2) is 3.67. The maximum Gasteiger partial charge on any atom is 0.238 e. The van der Waals surface area contributed by atoms with Crippen LogP contribution in [0.25, 0.3) is 0 Å². The summed E-state index contributed by atoms with van der Waals surface area (Å²) in [7, 11) is -0.631. The van der Waals surface area contributed by atoms with Gasteiger partial charge in [-0.05, 0) is 25.1 Å². The first kappa shape index (κ1) is 9.01. The number of hydrogen-bond acceptors (Lipinski definition) is 4. The number of nitrogens with zero attached hydrogens (tertiary/aromatic N) is 3. The summed E-state index contributed by atoms with van der Waals surface area (Å²) < 4.78 is 13.4. The summed E-state index contributed by atoms with van der Waals surface area (Å²) in [6, 6.07) is 0.306. The second-order valence-corrected chi connectivity index (χ2v) is 5.09. The molecule has 0 bridgehead atoms. The molecule has 2 rings (SSSR count). The maximum absolute atomic E-state index is 11.1. The van der Waals surface area contributed by atoms with Gasteiger partial charge in [0.05, 0.1) is 6.04 Å². The van der Waals surface area contributed by atoms with E-state index in [2.05, 4.69) is 15.5 Å². The van der Waals surface area contributed by atoms with E-state index in [1.807, 2.05) is 0 Å². The van der Waals surface area contributed by atoms with Crippen LogP contribution in [0.1, 0.15) is 18.9 Å². The lowest BCUT2D eigenvalue weighted by molar-refractivity contribution is 0.408. The average molecular weight is 218 g/mol. The van der Waals surface area contributed by atoms with Crippen LogP contribution in [0.15, 0.2) is 0 Å². The second-order valence-electron chi connectivity index (χ2n) is 3.03. The van der Waals surface area contributed by atoms with E-state index in [9.17, 15) is 4.21 Å². The molecule has 0 atom stereocenters. The summed E-state index contributed by atoms with van der Waals surface area (Å²) in [5, 5.41) is 10.1. The summed E-state index contributed by atoms with van der Waals surface area (Å²) in [5.74, 6) is 1.51. The fourth-order valence-corrected chi connectivity index (χ4v) is 2.99. The molecule has 1 fully saturated rings. The number of rotatable bonds is 1. The third-order valence-corrected chi connectivity index (χ3v) is 3.88. The predicted octanol–water partition coefficient (Wildman–Crippen LogP) is 0.419. The van der Waals surface area contributed by atoms with E-state index in [-0.39, 0.29) is 0 Å². The van der Waals surface area contributed by atoms with E-state index in [1.54, 1.807) is 4.68 Å². The van der Waals surface area contributed by atoms with Crippen LogP contribution >= 0.6 is 12.2 Å². The van der Waals surface area contributed by atoms with Crippen LogP contribution in [-0.4, -0.2) is 35.9 Å². The van der Waals surface area contributed by atoms with Crippen LogP contribution in [0.2, 0.25) is 0 Å². The third-order valence-electron chi connectivity index (χ3n) is 2.22. The first-order chi connectivity index (χ1) is 6.27. The van der Waals surface area contributed by atoms with Crippen LogP contribution in [-0.2, 0) is 10.8 Å². The molecule has 2 heterocycles. The Hall–Kier alpha value is -0.560. The molecular formula is C6H10N4OS2. The Morgan fingerprint density at radius 3 is 2.77 bits per heavy atom. The van der Waals surface area contributed by atoms with Gasteiger partial charge in [-0.1, -0.05) is 10.3 Å². The highest BCUT2D eigenvalue weighted by atomic mass is 32.2. The van der Waals surface area contributed by atoms with E-state index in [1.165, 1.54) is 0 Å². The highest BCUT2D eigenvalue weighted by Gasteiger charge is 2.20. The highest BCUT2D eigenvalue weighted by Crippen LogP contribution is 2.20. The van der Waals surface area contributed by atoms with Crippen LogP contribution in [0.4, 0.5) is 0 Å². The fourth-order valence-electron chi connectivity index (χ4n) is 1.48. The molecule has 0 unspecified atom stereocenters. The zero-order valence-corrected chi connectivity index (χ0v) is 8.61. The standard InChI is InChI=1S/C6H10N4OS2/c11-13-3-1-5(2-4-13)10-6(12)7-8-9-10/h5H,1-4H2,(H,7,9,12). The third kappa shape index (κ3) is 1.86. The Morgan fingerprint density at radius 2 is 2.23 bits per heavy atom. The van der Waals surface area contributed by atoms with Crippen molar-refractivity contribution >= 4 is 23.0 Å². The molecule has 1 aromatic rings. The summed E-state index contributed by atoms with van der Waals surface area (Å²) in [4.78, 5) is 0. The molecule has 0 aromatic carbocycles. The molecule has 1 aliphatic heterocycles. The first-order valence-electron chi connectivity index (χ1n) is 4.12. The highest BCUT2D eigenvalue weighted by molar-refractivity contribution is 7.85. The minimum absolute atomic E-state index is 0.306. The average Bonchev–Trinajstić information content (AvgIpc) is 2.53. The topological polar surface area (TPSA) is 63.6 Å². The van der Waals surface area contributed by atoms with Crippen LogP contribution in [0.5, 0.6) is 0 Å². The predicted molar refractivity (Wildman–Crippen MR) is 51.4 cm³/mol. The molecule has 0 spiro atoms. The Bertz CT molecular complexity index is 361. The number of tetrazole rings is 1. The number of hydrogen-bond donors (Lipinski definition) is 1. The largest absolute Gasteiger partial charge is 0.260 e. The molecule has 0 saturated carbocycles. The monoisotopic (exact) mass is 218 g/mol. The van der Waals surface area contributed by atoms with Gasteiger partial charge in [0.15, 0.2) is 0 Å². The van der Waals surface area contributed by atoms with Crippen molar-refractivity contribution in [2.45, 2.75) is 18.9 Å². The molecule has 0 amide bonds. The van der Waals surface area contributed by atoms with Crippen LogP contribution < -0.4 is 0 Å². The smallest absolute Gasteiger partial charge is 0.238 e. The van der Waals surface area contributed by atoms with E-state index in [0.29, 0.717) is 10.8 Å². The molecule has 72 valence electrons. The van der Waals surface area contributed by atoms with Crippen molar-refractivity contribution in [1.82, 2.24) is 20.2 Å². The van der Waals surface area contributed by atoms with E-state index in [4.69, 9.17) is 12.2 Å². The van der Waals surface area contributed by atoms with Crippen LogP contribution in [0, 0.1) is 4.77 Å². The van der Waals surface area contributed by atoms with Gasteiger partial charge in [-0.25, -0.2) is 4.68 Å². The van der Waals surface area contributed by atoms with Gasteiger partial charge in [0.1, 0.15) is 0 Å². The number of H-pyrrole nitrogens is 1. The van der Waals surface area contributed by atoms with E-state index in [0.717, 1.165) is 24.3 Å². The lowest BCUT2D eigenvalue weighted by Crippen LogP contribution is -2.22. The lowest BCUT2D eigenvalue weighted by atomic mass is 10.2. The van der Waals surface area contributed by atoms with Crippen molar-refractivity contribution in [2.24, 2.45) is 0 Å². The normalized spacial score (nSPS) is 28.9. The summed E-state index contributed by atoms with van der Waals surface area (Å²) in [6.45, 7) is 0. The van der Waals surface area contributed by atoms with Gasteiger partial charge < -0.3 is 0 Å². The number of aromatic amines is 1. The van der Waals surface area contributed by atoms with Crippen LogP contribution in [0.3, 0.4) is 0 Å². The van der Waals surface area contributed by atoms with Gasteiger partial charge in [0.2, 0.25) is 4.77 Å². The van der Waals surface area contributed by atoms with Crippen molar-refractivity contribution in [3.05, 3.63) is 4.77 Å². The SMILES string of the molecule is O=S1CCC(n2[nH]nnc2=S)CC1. The van der Waals surface area contributed by atoms with Crippen molar-refractivity contribution in [3.8, 4) is 0 Å². The molecule has 1 aliphatic rings. The van der Waals surface area contributed by atoms with Crippen molar-refractivity contribution in [3.63, 3.8) is 0 Å². The van der Waals surface area contributed by atoms with Gasteiger partial charge in [-0.3, -0.25) is 4.21 Å². The Balaban J connectivity index is 2.15. The summed E-state index contributed by atoms with van der Waals surface area (Å²) in [5.41, 5.74) is 0. The molecule has 1 N–H and O–H groups in total. The summed E-state index contributed by atoms with van der Waals surface area (Å²) >= 11 is 4.98. The molecule has 0 aliphatic carbocycles. The zero-order chi connectivity index (χ0) is 9.26. The molecule has 7 heteroatoms. The number of aromatic nitrogens is 4. The minimum Gasteiger partial charge on any atom is -0.260 e. The van der Waals surface area contributed by atoms with Gasteiger partial charge in [0.25, 0.3) is 0 Å². The molecular weight excluding hydrogens is 208 g/mol. The maximum atomic E-state index is 11.1. The lowest BCUT2D eigenvalue weighted by Gasteiger charge is -2.20. The minimum atomic E-state index is -0.631. The Morgan fingerprint density at radius 1 is 1.54 bits per heavy atom. The van der Waals surface area contributed by atoms with Crippen molar-refractivity contribution < 1.29 is 4.21 Å². The van der Waals surface area contributed by atoms with Crippen molar-refractivity contribution in [2.75, 3.05) is 11.5 Å². The molecule has 5 nitrogen and oxygen atoms in total. The molecule has 1 saturated heterocycles. The first-order valence-corrected chi connectivity index (χ1v) is 6.01. The van der Waals surface area contributed by atoms with Gasteiger partial charge in [-0.2, -0.15) is 5.21 Å². The Kier molecular flexibility index (Phi) is 2.54. The zero-order valence-electron chi connectivity index (χ0n) is 6.97.